The predicted molar refractivity (Wildman–Crippen MR) is 59.6 cm³/mol. The molecule has 2 fully saturated rings. The molecule has 0 saturated heterocycles. The molecule has 0 atom stereocenters. The number of amides is 2. The maximum atomic E-state index is 12.0. The average molecular weight is 242 g/mol. The molecule has 0 heterocycles. The molecule has 0 aromatic rings. The number of carbonyl (C=O) groups excluding carboxylic acids is 1. The van der Waals surface area contributed by atoms with Crippen molar-refractivity contribution in [3.8, 4) is 0 Å². The van der Waals surface area contributed by atoms with Crippen molar-refractivity contribution in [3.05, 3.63) is 0 Å². The van der Waals surface area contributed by atoms with Crippen molar-refractivity contribution in [2.24, 2.45) is 0 Å². The smallest absolute Gasteiger partial charge is 0.329 e. The van der Waals surface area contributed by atoms with Gasteiger partial charge in [0, 0.05) is 12.6 Å². The van der Waals surface area contributed by atoms with E-state index in [1.807, 2.05) is 0 Å². The van der Waals surface area contributed by atoms with Gasteiger partial charge in [0.25, 0.3) is 0 Å². The van der Waals surface area contributed by atoms with Crippen LogP contribution in [0.15, 0.2) is 0 Å². The predicted octanol–water partition coefficient (Wildman–Crippen LogP) is 0.160. The summed E-state index contributed by atoms with van der Waals surface area (Å²) in [5.74, 6) is -0.961. The third-order valence-electron chi connectivity index (χ3n) is 3.55. The van der Waals surface area contributed by atoms with Crippen molar-refractivity contribution < 1.29 is 19.8 Å². The number of carboxylic acids is 1. The molecule has 0 bridgehead atoms. The third kappa shape index (κ3) is 2.36. The minimum absolute atomic E-state index is 0.0933. The first-order valence-electron chi connectivity index (χ1n) is 6.02. The summed E-state index contributed by atoms with van der Waals surface area (Å²) in [7, 11) is 0. The van der Waals surface area contributed by atoms with Crippen LogP contribution in [0, 0.1) is 0 Å². The molecule has 0 unspecified atom stereocenters. The summed E-state index contributed by atoms with van der Waals surface area (Å²) >= 11 is 0. The van der Waals surface area contributed by atoms with E-state index in [4.69, 9.17) is 10.2 Å². The molecule has 0 aliphatic heterocycles. The SMILES string of the molecule is O=C(NC1(C(=O)O)CCC1)N(CCO)C1CC1. The van der Waals surface area contributed by atoms with Crippen molar-refractivity contribution >= 4 is 12.0 Å². The Morgan fingerprint density at radius 3 is 2.35 bits per heavy atom. The molecule has 2 amide bonds. The summed E-state index contributed by atoms with van der Waals surface area (Å²) in [5.41, 5.74) is -1.07. The summed E-state index contributed by atoms with van der Waals surface area (Å²) in [6, 6.07) is -0.184. The lowest BCUT2D eigenvalue weighted by Gasteiger charge is -2.39. The molecule has 2 aliphatic rings. The second kappa shape index (κ2) is 4.52. The first-order chi connectivity index (χ1) is 8.09. The van der Waals surface area contributed by atoms with E-state index in [1.165, 1.54) is 0 Å². The number of aliphatic carboxylic acids is 1. The van der Waals surface area contributed by atoms with E-state index in [9.17, 15) is 9.59 Å². The highest BCUT2D eigenvalue weighted by molar-refractivity contribution is 5.87. The fourth-order valence-corrected chi connectivity index (χ4v) is 2.14. The van der Waals surface area contributed by atoms with Gasteiger partial charge in [0.1, 0.15) is 5.54 Å². The molecule has 0 aromatic heterocycles. The van der Waals surface area contributed by atoms with Crippen molar-refractivity contribution in [1.82, 2.24) is 10.2 Å². The van der Waals surface area contributed by atoms with Crippen molar-refractivity contribution in [2.45, 2.75) is 43.7 Å². The van der Waals surface area contributed by atoms with Crippen LogP contribution in [0.4, 0.5) is 4.79 Å². The molecule has 3 N–H and O–H groups in total. The Morgan fingerprint density at radius 1 is 1.35 bits per heavy atom. The van der Waals surface area contributed by atoms with E-state index in [0.717, 1.165) is 19.3 Å². The van der Waals surface area contributed by atoms with Crippen molar-refractivity contribution in [3.63, 3.8) is 0 Å². The number of carbonyl (C=O) groups is 2. The van der Waals surface area contributed by atoms with E-state index in [1.54, 1.807) is 4.90 Å². The molecule has 2 aliphatic carbocycles. The van der Waals surface area contributed by atoms with E-state index in [2.05, 4.69) is 5.32 Å². The van der Waals surface area contributed by atoms with Gasteiger partial charge < -0.3 is 20.4 Å². The molecule has 6 nitrogen and oxygen atoms in total. The third-order valence-corrected chi connectivity index (χ3v) is 3.55. The average Bonchev–Trinajstić information content (AvgIpc) is 3.02. The van der Waals surface area contributed by atoms with Gasteiger partial charge in [-0.15, -0.1) is 0 Å². The topological polar surface area (TPSA) is 89.9 Å². The number of carboxylic acid groups (broad SMARTS) is 1. The highest BCUT2D eigenvalue weighted by Crippen LogP contribution is 2.33. The molecule has 6 heteroatoms. The zero-order chi connectivity index (χ0) is 12.5. The molecule has 0 radical (unpaired) electrons. The van der Waals surface area contributed by atoms with Gasteiger partial charge in [0.05, 0.1) is 6.61 Å². The van der Waals surface area contributed by atoms with Crippen LogP contribution in [-0.4, -0.2) is 51.8 Å². The number of rotatable bonds is 5. The Labute approximate surface area is 99.6 Å². The fraction of sp³-hybridized carbons (Fsp3) is 0.818. The van der Waals surface area contributed by atoms with E-state index in [-0.39, 0.29) is 25.2 Å². The van der Waals surface area contributed by atoms with E-state index >= 15 is 0 Å². The van der Waals surface area contributed by atoms with Gasteiger partial charge in [-0.05, 0) is 32.1 Å². The quantitative estimate of drug-likeness (QED) is 0.640. The van der Waals surface area contributed by atoms with Crippen LogP contribution in [-0.2, 0) is 4.79 Å². The number of urea groups is 1. The van der Waals surface area contributed by atoms with Gasteiger partial charge in [-0.3, -0.25) is 0 Å². The first kappa shape index (κ1) is 12.2. The summed E-state index contributed by atoms with van der Waals surface area (Å²) in [6.45, 7) is 0.177. The van der Waals surface area contributed by atoms with Crippen LogP contribution in [0.3, 0.4) is 0 Å². The second-order valence-electron chi connectivity index (χ2n) is 4.82. The Balaban J connectivity index is 1.96. The van der Waals surface area contributed by atoms with E-state index in [0.29, 0.717) is 12.8 Å². The maximum absolute atomic E-state index is 12.0. The number of aliphatic hydroxyl groups excluding tert-OH is 1. The van der Waals surface area contributed by atoms with Gasteiger partial charge in [-0.1, -0.05) is 0 Å². The monoisotopic (exact) mass is 242 g/mol. The Kier molecular flexibility index (Phi) is 3.24. The summed E-state index contributed by atoms with van der Waals surface area (Å²) in [4.78, 5) is 24.6. The van der Waals surface area contributed by atoms with Gasteiger partial charge in [0.2, 0.25) is 0 Å². The van der Waals surface area contributed by atoms with E-state index < -0.39 is 11.5 Å². The van der Waals surface area contributed by atoms with Gasteiger partial charge in [0.15, 0.2) is 0 Å². The van der Waals surface area contributed by atoms with Crippen LogP contribution in [0.1, 0.15) is 32.1 Å². The lowest BCUT2D eigenvalue weighted by molar-refractivity contribution is -0.148. The number of aliphatic hydroxyl groups is 1. The Morgan fingerprint density at radius 2 is 2.00 bits per heavy atom. The highest BCUT2D eigenvalue weighted by Gasteiger charge is 2.47. The molecule has 0 aromatic carbocycles. The van der Waals surface area contributed by atoms with Crippen LogP contribution >= 0.6 is 0 Å². The maximum Gasteiger partial charge on any atom is 0.329 e. The van der Waals surface area contributed by atoms with Crippen LogP contribution in [0.2, 0.25) is 0 Å². The largest absolute Gasteiger partial charge is 0.480 e. The van der Waals surface area contributed by atoms with Crippen molar-refractivity contribution in [2.75, 3.05) is 13.2 Å². The minimum Gasteiger partial charge on any atom is -0.480 e. The summed E-state index contributed by atoms with van der Waals surface area (Å²) in [5, 5.41) is 20.6. The van der Waals surface area contributed by atoms with Crippen LogP contribution < -0.4 is 5.32 Å². The fourth-order valence-electron chi connectivity index (χ4n) is 2.14. The second-order valence-corrected chi connectivity index (χ2v) is 4.82. The first-order valence-corrected chi connectivity index (χ1v) is 6.02. The van der Waals surface area contributed by atoms with Gasteiger partial charge in [-0.25, -0.2) is 9.59 Å². The summed E-state index contributed by atoms with van der Waals surface area (Å²) in [6.07, 6.45) is 3.69. The Bertz CT molecular complexity index is 323. The molecule has 17 heavy (non-hydrogen) atoms. The summed E-state index contributed by atoms with van der Waals surface area (Å²) < 4.78 is 0. The van der Waals surface area contributed by atoms with Crippen LogP contribution in [0.5, 0.6) is 0 Å². The lowest BCUT2D eigenvalue weighted by Crippen LogP contribution is -2.62. The van der Waals surface area contributed by atoms with Gasteiger partial charge >= 0.3 is 12.0 Å². The minimum atomic E-state index is -1.07. The highest BCUT2D eigenvalue weighted by atomic mass is 16.4. The molecular weight excluding hydrogens is 224 g/mol. The number of hydrogen-bond donors (Lipinski definition) is 3. The number of nitrogens with zero attached hydrogens (tertiary/aromatic N) is 1. The molecule has 2 rings (SSSR count). The van der Waals surface area contributed by atoms with Crippen molar-refractivity contribution in [1.29, 1.82) is 0 Å². The van der Waals surface area contributed by atoms with Crippen LogP contribution in [0.25, 0.3) is 0 Å². The molecule has 2 saturated carbocycles. The molecule has 96 valence electrons. The standard InChI is InChI=1S/C11H18N2O4/c14-7-6-13(8-2-3-8)10(17)12-11(9(15)16)4-1-5-11/h8,14H,1-7H2,(H,12,17)(H,15,16). The normalized spacial score (nSPS) is 21.5. The lowest BCUT2D eigenvalue weighted by atomic mass is 9.77. The molecule has 0 spiro atoms. The van der Waals surface area contributed by atoms with Gasteiger partial charge in [-0.2, -0.15) is 0 Å². The Hall–Kier alpha value is -1.30. The number of hydrogen-bond acceptors (Lipinski definition) is 3. The number of nitrogens with one attached hydrogen (secondary N) is 1. The zero-order valence-electron chi connectivity index (χ0n) is 9.69. The zero-order valence-corrected chi connectivity index (χ0v) is 9.69. The molecular formula is C11H18N2O4.